The van der Waals surface area contributed by atoms with E-state index in [9.17, 15) is 45.0 Å². The summed E-state index contributed by atoms with van der Waals surface area (Å²) in [5.74, 6) is -6.00. The van der Waals surface area contributed by atoms with E-state index in [1.165, 1.54) is 0 Å². The number of primary amides is 1. The summed E-state index contributed by atoms with van der Waals surface area (Å²) in [5.41, 5.74) is 11.7. The number of aliphatic hydroxyl groups is 6. The smallest absolute Gasteiger partial charge is 0.311 e. The first-order chi connectivity index (χ1) is 25.6. The summed E-state index contributed by atoms with van der Waals surface area (Å²) in [5, 5.41) is 65.3. The summed E-state index contributed by atoms with van der Waals surface area (Å²) in [6, 6.07) is -1.08. The van der Waals surface area contributed by atoms with Crippen LogP contribution in [-0.2, 0) is 33.3 Å². The Morgan fingerprint density at radius 1 is 0.981 bits per heavy atom. The van der Waals surface area contributed by atoms with Crippen molar-refractivity contribution in [3.63, 3.8) is 0 Å². The lowest BCUT2D eigenvalue weighted by atomic mass is 9.82. The number of fused-ring (bicyclic) bond motifs is 2. The Labute approximate surface area is 317 Å². The second-order valence-corrected chi connectivity index (χ2v) is 14.7. The number of ether oxygens (including phenoxy) is 4. The number of aliphatic hydroxyl groups excluding tert-OH is 5. The van der Waals surface area contributed by atoms with Gasteiger partial charge in [-0.1, -0.05) is 68.9 Å². The molecule has 0 aromatic heterocycles. The number of allylic oxidation sites excluding steroid dienone is 6. The monoisotopic (exact) mass is 766 g/mol. The van der Waals surface area contributed by atoms with E-state index >= 15 is 0 Å². The predicted molar refractivity (Wildman–Crippen MR) is 197 cm³/mol. The maximum atomic E-state index is 13.0. The molecule has 10 unspecified atom stereocenters. The molecule has 2 bridgehead atoms. The Hall–Kier alpha value is -2.83. The lowest BCUT2D eigenvalue weighted by Crippen LogP contribution is -2.61. The average molecular weight is 767 g/mol. The van der Waals surface area contributed by atoms with Gasteiger partial charge in [0.05, 0.1) is 60.6 Å². The van der Waals surface area contributed by atoms with E-state index in [2.05, 4.69) is 0 Å². The molecule has 306 valence electrons. The molecule has 3 heterocycles. The van der Waals surface area contributed by atoms with Gasteiger partial charge in [-0.05, 0) is 32.6 Å². The summed E-state index contributed by atoms with van der Waals surface area (Å²) in [6.07, 6.45) is 3.91. The van der Waals surface area contributed by atoms with Crippen LogP contribution in [0.5, 0.6) is 0 Å². The second kappa shape index (κ2) is 22.0. The number of rotatable bonds is 6. The normalized spacial score (nSPS) is 42.3. The van der Waals surface area contributed by atoms with E-state index in [0.29, 0.717) is 12.8 Å². The van der Waals surface area contributed by atoms with E-state index < -0.39 is 103 Å². The van der Waals surface area contributed by atoms with E-state index in [4.69, 9.17) is 30.4 Å². The Bertz CT molecular complexity index is 1320. The van der Waals surface area contributed by atoms with Gasteiger partial charge in [-0.25, -0.2) is 0 Å². The van der Waals surface area contributed by atoms with E-state index in [-0.39, 0.29) is 50.7 Å². The van der Waals surface area contributed by atoms with Crippen molar-refractivity contribution in [2.45, 2.75) is 164 Å². The SMILES string of the molecule is CCCC1C/C=C/C=C/C=C/C=C/C(OC2O[C@H](C)[C@@H](O)[C@H](N)[C@@H]2O)CC2OC(O)(CC(O)CCCC(=O)CC(O)C(CC)C(=O)O1)CC(O)C2C(N)=O. The van der Waals surface area contributed by atoms with Gasteiger partial charge >= 0.3 is 5.97 Å². The highest BCUT2D eigenvalue weighted by Crippen LogP contribution is 2.38. The number of hydrogen-bond donors (Lipinski definition) is 8. The van der Waals surface area contributed by atoms with Crippen molar-refractivity contribution < 1.29 is 64.0 Å². The maximum absolute atomic E-state index is 13.0. The molecule has 54 heavy (non-hydrogen) atoms. The summed E-state index contributed by atoms with van der Waals surface area (Å²) in [4.78, 5) is 38.4. The average Bonchev–Trinajstić information content (AvgIpc) is 3.08. The first-order valence-electron chi connectivity index (χ1n) is 19.1. The summed E-state index contributed by atoms with van der Waals surface area (Å²) < 4.78 is 23.6. The third-order valence-corrected chi connectivity index (χ3v) is 10.2. The van der Waals surface area contributed by atoms with Crippen LogP contribution >= 0.6 is 0 Å². The van der Waals surface area contributed by atoms with Crippen molar-refractivity contribution in [1.29, 1.82) is 0 Å². The van der Waals surface area contributed by atoms with Gasteiger partial charge in [-0.3, -0.25) is 14.4 Å². The lowest BCUT2D eigenvalue weighted by molar-refractivity contribution is -0.306. The molecule has 10 N–H and O–H groups in total. The molecule has 3 rings (SSSR count). The summed E-state index contributed by atoms with van der Waals surface area (Å²) >= 11 is 0. The Morgan fingerprint density at radius 3 is 2.33 bits per heavy atom. The van der Waals surface area contributed by atoms with Gasteiger partial charge in [-0.2, -0.15) is 0 Å². The zero-order chi connectivity index (χ0) is 40.0. The van der Waals surface area contributed by atoms with E-state index in [0.717, 1.165) is 6.42 Å². The maximum Gasteiger partial charge on any atom is 0.311 e. The molecular formula is C39H62N2O13. The van der Waals surface area contributed by atoms with Gasteiger partial charge in [0.2, 0.25) is 5.91 Å². The number of carbonyl (C=O) groups is 3. The molecular weight excluding hydrogens is 704 g/mol. The molecule has 2 saturated heterocycles. The Morgan fingerprint density at radius 2 is 1.67 bits per heavy atom. The number of cyclic esters (lactones) is 1. The fourth-order valence-corrected chi connectivity index (χ4v) is 7.20. The molecule has 0 aromatic carbocycles. The van der Waals surface area contributed by atoms with Crippen molar-refractivity contribution in [2.24, 2.45) is 23.3 Å². The zero-order valence-electron chi connectivity index (χ0n) is 31.6. The number of ketones is 1. The number of carbonyl (C=O) groups excluding carboxylic acids is 3. The van der Waals surface area contributed by atoms with E-state index in [1.54, 1.807) is 56.4 Å². The minimum absolute atomic E-state index is 0.00114. The van der Waals surface area contributed by atoms with Crippen molar-refractivity contribution in [1.82, 2.24) is 0 Å². The quantitative estimate of drug-likeness (QED) is 0.176. The Balaban J connectivity index is 1.90. The van der Waals surface area contributed by atoms with Crippen LogP contribution in [-0.4, -0.2) is 121 Å². The Kier molecular flexibility index (Phi) is 18.6. The second-order valence-electron chi connectivity index (χ2n) is 14.7. The highest BCUT2D eigenvalue weighted by Gasteiger charge is 2.50. The fraction of sp³-hybridized carbons (Fsp3) is 0.718. The third kappa shape index (κ3) is 13.7. The number of amides is 1. The van der Waals surface area contributed by atoms with Crippen LogP contribution in [0.3, 0.4) is 0 Å². The number of Topliss-reactive ketones (excluding diaryl/α,β-unsaturated/α-hetero) is 1. The van der Waals surface area contributed by atoms with Gasteiger partial charge in [0.1, 0.15) is 18.0 Å². The van der Waals surface area contributed by atoms with Gasteiger partial charge in [-0.15, -0.1) is 0 Å². The zero-order valence-corrected chi connectivity index (χ0v) is 31.6. The minimum atomic E-state index is -2.10. The summed E-state index contributed by atoms with van der Waals surface area (Å²) in [7, 11) is 0. The minimum Gasteiger partial charge on any atom is -0.462 e. The molecule has 3 aliphatic heterocycles. The molecule has 0 spiro atoms. The first-order valence-corrected chi connectivity index (χ1v) is 19.1. The summed E-state index contributed by atoms with van der Waals surface area (Å²) in [6.45, 7) is 5.29. The molecule has 0 aromatic rings. The van der Waals surface area contributed by atoms with Crippen molar-refractivity contribution in [3.05, 3.63) is 48.6 Å². The van der Waals surface area contributed by atoms with Gasteiger partial charge in [0.15, 0.2) is 12.1 Å². The van der Waals surface area contributed by atoms with E-state index in [1.807, 2.05) is 13.0 Å². The van der Waals surface area contributed by atoms with Crippen molar-refractivity contribution >= 4 is 17.7 Å². The third-order valence-electron chi connectivity index (χ3n) is 10.2. The highest BCUT2D eigenvalue weighted by atomic mass is 16.7. The van der Waals surface area contributed by atoms with Crippen LogP contribution in [0.2, 0.25) is 0 Å². The van der Waals surface area contributed by atoms with Gasteiger partial charge < -0.3 is 61.1 Å². The molecule has 2 fully saturated rings. The van der Waals surface area contributed by atoms with Crippen LogP contribution in [0.25, 0.3) is 0 Å². The van der Waals surface area contributed by atoms with Crippen LogP contribution in [0.15, 0.2) is 48.6 Å². The van der Waals surface area contributed by atoms with Gasteiger partial charge in [0, 0.05) is 38.5 Å². The van der Waals surface area contributed by atoms with Crippen LogP contribution in [0.4, 0.5) is 0 Å². The molecule has 0 radical (unpaired) electrons. The highest BCUT2D eigenvalue weighted by molar-refractivity contribution is 5.80. The molecule has 3 aliphatic rings. The fourth-order valence-electron chi connectivity index (χ4n) is 7.20. The topological polar surface area (TPSA) is 262 Å². The van der Waals surface area contributed by atoms with Crippen molar-refractivity contribution in [3.8, 4) is 0 Å². The molecule has 15 heteroatoms. The largest absolute Gasteiger partial charge is 0.462 e. The molecule has 0 saturated carbocycles. The molecule has 14 atom stereocenters. The standard InChI is InChI=1S/C39H62N2O13/c1-4-14-26-17-11-9-7-6-8-10-12-18-27(53-38-35(47)33(40)34(46)23(3)51-38)20-31-32(36(41)48)30(45)22-39(50,54-31)21-25(43)16-13-15-24(42)19-29(44)28(5-2)37(49)52-26/h6-12,18,23,25-35,38,43-47,50H,4-5,13-17,19-22,40H2,1-3H3,(H2,41,48)/b7-6+,10-8+,11-9+,18-12+/t23-,25?,26?,27?,28?,29?,30?,31?,32?,33+,34-,35+,38?,39?/m1/s1. The van der Waals surface area contributed by atoms with Crippen LogP contribution in [0, 0.1) is 11.8 Å². The molecule has 1 amide bonds. The van der Waals surface area contributed by atoms with Crippen molar-refractivity contribution in [2.75, 3.05) is 0 Å². The number of hydrogen-bond acceptors (Lipinski definition) is 14. The van der Waals surface area contributed by atoms with Crippen LogP contribution < -0.4 is 11.5 Å². The number of esters is 1. The first kappa shape index (κ1) is 45.6. The number of nitrogens with two attached hydrogens (primary N) is 2. The molecule has 0 aliphatic carbocycles. The van der Waals surface area contributed by atoms with Crippen LogP contribution in [0.1, 0.15) is 91.4 Å². The lowest BCUT2D eigenvalue weighted by Gasteiger charge is -2.45. The predicted octanol–water partition coefficient (Wildman–Crippen LogP) is 1.10. The molecule has 15 nitrogen and oxygen atoms in total. The van der Waals surface area contributed by atoms with Gasteiger partial charge in [0.25, 0.3) is 0 Å².